The van der Waals surface area contributed by atoms with Gasteiger partial charge in [-0.2, -0.15) is 0 Å². The Morgan fingerprint density at radius 1 is 1.35 bits per heavy atom. The number of nitrogens with one attached hydrogen (secondary N) is 1. The third kappa shape index (κ3) is 3.36. The van der Waals surface area contributed by atoms with E-state index in [1.807, 2.05) is 23.7 Å². The van der Waals surface area contributed by atoms with Crippen molar-refractivity contribution in [3.63, 3.8) is 0 Å². The highest BCUT2D eigenvalue weighted by molar-refractivity contribution is 5.62. The van der Waals surface area contributed by atoms with E-state index < -0.39 is 0 Å². The van der Waals surface area contributed by atoms with E-state index in [-0.39, 0.29) is 0 Å². The number of aromatic nitrogens is 3. The van der Waals surface area contributed by atoms with Gasteiger partial charge in [-0.1, -0.05) is 26.0 Å². The van der Waals surface area contributed by atoms with E-state index in [9.17, 15) is 0 Å². The van der Waals surface area contributed by atoms with Crippen LogP contribution in [0.1, 0.15) is 13.8 Å². The topological polar surface area (TPSA) is 68.8 Å². The number of anilines is 1. The average Bonchev–Trinajstić information content (AvgIpc) is 2.86. The Morgan fingerprint density at radius 2 is 2.15 bits per heavy atom. The Labute approximate surface area is 120 Å². The summed E-state index contributed by atoms with van der Waals surface area (Å²) in [5, 5.41) is 11.5. The number of hydrogen-bond acceptors (Lipinski definition) is 4. The molecule has 0 amide bonds. The van der Waals surface area contributed by atoms with Gasteiger partial charge in [-0.05, 0) is 30.5 Å². The molecule has 2 rings (SSSR count). The largest absolute Gasteiger partial charge is 0.385 e. The maximum absolute atomic E-state index is 5.80. The zero-order valence-electron chi connectivity index (χ0n) is 12.4. The minimum Gasteiger partial charge on any atom is -0.385 e. The van der Waals surface area contributed by atoms with Gasteiger partial charge in [0, 0.05) is 24.8 Å². The molecule has 2 aromatic rings. The molecule has 0 radical (unpaired) electrons. The molecule has 0 aliphatic heterocycles. The standard InChI is InChI=1S/C15H23N5/c1-11(2)13(8-16)9-17-14-6-4-5-12(7-14)15-19-18-10-20(15)3/h4-7,10-11,13,17H,8-9,16H2,1-3H3. The van der Waals surface area contributed by atoms with E-state index >= 15 is 0 Å². The van der Waals surface area contributed by atoms with Crippen molar-refractivity contribution in [2.45, 2.75) is 13.8 Å². The Bertz CT molecular complexity index is 547. The molecule has 1 aromatic carbocycles. The first kappa shape index (κ1) is 14.5. The molecule has 20 heavy (non-hydrogen) atoms. The number of rotatable bonds is 6. The predicted molar refractivity (Wildman–Crippen MR) is 82.3 cm³/mol. The molecule has 1 aromatic heterocycles. The first-order valence-corrected chi connectivity index (χ1v) is 7.00. The van der Waals surface area contributed by atoms with E-state index in [0.29, 0.717) is 18.4 Å². The highest BCUT2D eigenvalue weighted by Gasteiger charge is 2.11. The lowest BCUT2D eigenvalue weighted by atomic mass is 9.96. The van der Waals surface area contributed by atoms with Crippen LogP contribution >= 0.6 is 0 Å². The monoisotopic (exact) mass is 273 g/mol. The lowest BCUT2D eigenvalue weighted by Crippen LogP contribution is -2.27. The third-order valence-electron chi connectivity index (χ3n) is 3.65. The zero-order chi connectivity index (χ0) is 14.5. The van der Waals surface area contributed by atoms with Gasteiger partial charge < -0.3 is 15.6 Å². The first-order valence-electron chi connectivity index (χ1n) is 7.00. The van der Waals surface area contributed by atoms with Gasteiger partial charge in [0.1, 0.15) is 6.33 Å². The van der Waals surface area contributed by atoms with Gasteiger partial charge in [0.25, 0.3) is 0 Å². The van der Waals surface area contributed by atoms with E-state index in [2.05, 4.69) is 41.5 Å². The maximum Gasteiger partial charge on any atom is 0.163 e. The van der Waals surface area contributed by atoms with Crippen LogP contribution in [-0.2, 0) is 7.05 Å². The molecule has 0 spiro atoms. The maximum atomic E-state index is 5.80. The average molecular weight is 273 g/mol. The number of hydrogen-bond donors (Lipinski definition) is 2. The number of aryl methyl sites for hydroxylation is 1. The van der Waals surface area contributed by atoms with Crippen molar-refractivity contribution in [3.8, 4) is 11.4 Å². The summed E-state index contributed by atoms with van der Waals surface area (Å²) in [7, 11) is 1.94. The summed E-state index contributed by atoms with van der Waals surface area (Å²) in [4.78, 5) is 0. The molecule has 0 aliphatic carbocycles. The van der Waals surface area contributed by atoms with Gasteiger partial charge in [0.2, 0.25) is 0 Å². The van der Waals surface area contributed by atoms with Crippen LogP contribution < -0.4 is 11.1 Å². The van der Waals surface area contributed by atoms with Gasteiger partial charge in [0.15, 0.2) is 5.82 Å². The summed E-state index contributed by atoms with van der Waals surface area (Å²) in [6.07, 6.45) is 1.71. The van der Waals surface area contributed by atoms with E-state index in [1.165, 1.54) is 0 Å². The summed E-state index contributed by atoms with van der Waals surface area (Å²) in [5.41, 5.74) is 7.95. The molecule has 5 heteroatoms. The second-order valence-corrected chi connectivity index (χ2v) is 5.47. The van der Waals surface area contributed by atoms with Crippen molar-refractivity contribution in [1.29, 1.82) is 0 Å². The molecule has 3 N–H and O–H groups in total. The lowest BCUT2D eigenvalue weighted by Gasteiger charge is -2.20. The fraction of sp³-hybridized carbons (Fsp3) is 0.467. The summed E-state index contributed by atoms with van der Waals surface area (Å²) < 4.78 is 1.91. The van der Waals surface area contributed by atoms with Gasteiger partial charge in [-0.15, -0.1) is 10.2 Å². The first-order chi connectivity index (χ1) is 9.61. The number of benzene rings is 1. The summed E-state index contributed by atoms with van der Waals surface area (Å²) in [6, 6.07) is 8.23. The fourth-order valence-corrected chi connectivity index (χ4v) is 2.15. The quantitative estimate of drug-likeness (QED) is 0.846. The predicted octanol–water partition coefficient (Wildman–Crippen LogP) is 2.12. The summed E-state index contributed by atoms with van der Waals surface area (Å²) >= 11 is 0. The van der Waals surface area contributed by atoms with E-state index in [0.717, 1.165) is 23.6 Å². The summed E-state index contributed by atoms with van der Waals surface area (Å²) in [6.45, 7) is 5.99. The number of nitrogens with zero attached hydrogens (tertiary/aromatic N) is 3. The van der Waals surface area contributed by atoms with Crippen molar-refractivity contribution in [3.05, 3.63) is 30.6 Å². The van der Waals surface area contributed by atoms with Crippen LogP contribution in [0.3, 0.4) is 0 Å². The highest BCUT2D eigenvalue weighted by Crippen LogP contribution is 2.20. The van der Waals surface area contributed by atoms with Crippen LogP contribution in [0, 0.1) is 11.8 Å². The van der Waals surface area contributed by atoms with Crippen LogP contribution in [0.4, 0.5) is 5.69 Å². The van der Waals surface area contributed by atoms with Gasteiger partial charge >= 0.3 is 0 Å². The third-order valence-corrected chi connectivity index (χ3v) is 3.65. The van der Waals surface area contributed by atoms with E-state index in [1.54, 1.807) is 6.33 Å². The second-order valence-electron chi connectivity index (χ2n) is 5.47. The van der Waals surface area contributed by atoms with Gasteiger partial charge in [0.05, 0.1) is 0 Å². The fourth-order valence-electron chi connectivity index (χ4n) is 2.15. The van der Waals surface area contributed by atoms with Crippen molar-refractivity contribution in [2.24, 2.45) is 24.6 Å². The van der Waals surface area contributed by atoms with Gasteiger partial charge in [-0.25, -0.2) is 0 Å². The molecule has 0 fully saturated rings. The minimum absolute atomic E-state index is 0.480. The molecule has 0 aliphatic rings. The molecule has 0 saturated heterocycles. The van der Waals surface area contributed by atoms with Crippen LogP contribution in [0.15, 0.2) is 30.6 Å². The molecule has 0 saturated carbocycles. The van der Waals surface area contributed by atoms with Crippen molar-refractivity contribution in [2.75, 3.05) is 18.4 Å². The van der Waals surface area contributed by atoms with Crippen LogP contribution in [-0.4, -0.2) is 27.9 Å². The molecule has 1 heterocycles. The number of nitrogens with two attached hydrogens (primary N) is 1. The van der Waals surface area contributed by atoms with Crippen molar-refractivity contribution >= 4 is 5.69 Å². The van der Waals surface area contributed by atoms with E-state index in [4.69, 9.17) is 5.73 Å². The summed E-state index contributed by atoms with van der Waals surface area (Å²) in [5.74, 6) is 1.93. The molecular weight excluding hydrogens is 250 g/mol. The Hall–Kier alpha value is -1.88. The second kappa shape index (κ2) is 6.52. The smallest absolute Gasteiger partial charge is 0.163 e. The Balaban J connectivity index is 2.09. The highest BCUT2D eigenvalue weighted by atomic mass is 15.2. The molecule has 5 nitrogen and oxygen atoms in total. The van der Waals surface area contributed by atoms with Gasteiger partial charge in [-0.3, -0.25) is 0 Å². The SMILES string of the molecule is CC(C)C(CN)CNc1cccc(-c2nncn2C)c1. The Morgan fingerprint density at radius 3 is 2.75 bits per heavy atom. The molecule has 0 bridgehead atoms. The molecule has 1 unspecified atom stereocenters. The van der Waals surface area contributed by atoms with Crippen molar-refractivity contribution < 1.29 is 0 Å². The zero-order valence-corrected chi connectivity index (χ0v) is 12.4. The van der Waals surface area contributed by atoms with Crippen LogP contribution in [0.5, 0.6) is 0 Å². The van der Waals surface area contributed by atoms with Crippen LogP contribution in [0.2, 0.25) is 0 Å². The van der Waals surface area contributed by atoms with Crippen molar-refractivity contribution in [1.82, 2.24) is 14.8 Å². The van der Waals surface area contributed by atoms with Crippen LogP contribution in [0.25, 0.3) is 11.4 Å². The molecule has 108 valence electrons. The molecular formula is C15H23N5. The normalized spacial score (nSPS) is 12.7. The molecule has 1 atom stereocenters. The Kier molecular flexibility index (Phi) is 4.74. The minimum atomic E-state index is 0.480. The lowest BCUT2D eigenvalue weighted by molar-refractivity contribution is 0.413.